The van der Waals surface area contributed by atoms with Gasteiger partial charge >= 0.3 is 0 Å². The second kappa shape index (κ2) is 7.62. The Balaban J connectivity index is 1.83. The average Bonchev–Trinajstić information content (AvgIpc) is 3.15. The molecule has 0 spiro atoms. The quantitative estimate of drug-likeness (QED) is 0.834. The van der Waals surface area contributed by atoms with Crippen LogP contribution in [-0.2, 0) is 6.54 Å². The standard InChI is InChI=1S/C18H21ClN4O/c1-2-22(13-14-8-4-3-5-9-14)17(24)16-15(19)12-20-18(21-16)23-10-6-7-11-23/h3-5,8-9,12H,2,6-7,10-11,13H2,1H3. The number of benzene rings is 1. The van der Waals surface area contributed by atoms with Gasteiger partial charge in [-0.2, -0.15) is 0 Å². The van der Waals surface area contributed by atoms with Crippen molar-refractivity contribution in [3.8, 4) is 0 Å². The van der Waals surface area contributed by atoms with Gasteiger partial charge in [-0.15, -0.1) is 0 Å². The summed E-state index contributed by atoms with van der Waals surface area (Å²) in [4.78, 5) is 25.5. The van der Waals surface area contributed by atoms with Crippen molar-refractivity contribution < 1.29 is 4.79 Å². The van der Waals surface area contributed by atoms with Crippen molar-refractivity contribution in [2.45, 2.75) is 26.3 Å². The average molecular weight is 345 g/mol. The summed E-state index contributed by atoms with van der Waals surface area (Å²) in [6.45, 7) is 4.94. The summed E-state index contributed by atoms with van der Waals surface area (Å²) in [6, 6.07) is 9.92. The molecule has 24 heavy (non-hydrogen) atoms. The van der Waals surface area contributed by atoms with Gasteiger partial charge in [-0.1, -0.05) is 41.9 Å². The van der Waals surface area contributed by atoms with Gasteiger partial charge in [0.1, 0.15) is 0 Å². The summed E-state index contributed by atoms with van der Waals surface area (Å²) in [6.07, 6.45) is 3.79. The number of halogens is 1. The lowest BCUT2D eigenvalue weighted by Crippen LogP contribution is -2.32. The highest BCUT2D eigenvalue weighted by Crippen LogP contribution is 2.21. The molecule has 0 aliphatic carbocycles. The molecular weight excluding hydrogens is 324 g/mol. The zero-order chi connectivity index (χ0) is 16.9. The number of nitrogens with zero attached hydrogens (tertiary/aromatic N) is 4. The van der Waals surface area contributed by atoms with Crippen molar-refractivity contribution in [1.29, 1.82) is 0 Å². The molecule has 0 unspecified atom stereocenters. The van der Waals surface area contributed by atoms with Crippen LogP contribution in [0.25, 0.3) is 0 Å². The van der Waals surface area contributed by atoms with E-state index >= 15 is 0 Å². The zero-order valence-corrected chi connectivity index (χ0v) is 14.5. The molecule has 1 aliphatic heterocycles. The number of hydrogen-bond donors (Lipinski definition) is 0. The van der Waals surface area contributed by atoms with Crippen molar-refractivity contribution in [2.75, 3.05) is 24.5 Å². The first kappa shape index (κ1) is 16.7. The second-order valence-corrected chi connectivity index (χ2v) is 6.27. The molecule has 126 valence electrons. The predicted molar refractivity (Wildman–Crippen MR) is 95.3 cm³/mol. The van der Waals surface area contributed by atoms with Crippen LogP contribution in [0.3, 0.4) is 0 Å². The maximum absolute atomic E-state index is 12.9. The SMILES string of the molecule is CCN(Cc1ccccc1)C(=O)c1nc(N2CCCC2)ncc1Cl. The summed E-state index contributed by atoms with van der Waals surface area (Å²) in [7, 11) is 0. The van der Waals surface area contributed by atoms with Crippen molar-refractivity contribution >= 4 is 23.5 Å². The van der Waals surface area contributed by atoms with Gasteiger partial charge in [0.2, 0.25) is 5.95 Å². The molecule has 1 aromatic heterocycles. The maximum Gasteiger partial charge on any atom is 0.274 e. The van der Waals surface area contributed by atoms with Crippen LogP contribution in [0.15, 0.2) is 36.5 Å². The van der Waals surface area contributed by atoms with Crippen molar-refractivity contribution in [2.24, 2.45) is 0 Å². The van der Waals surface area contributed by atoms with Crippen LogP contribution in [0.1, 0.15) is 35.8 Å². The first-order valence-electron chi connectivity index (χ1n) is 8.29. The van der Waals surface area contributed by atoms with E-state index in [2.05, 4.69) is 14.9 Å². The molecule has 0 atom stereocenters. The van der Waals surface area contributed by atoms with Crippen LogP contribution in [0, 0.1) is 0 Å². The molecule has 0 saturated carbocycles. The molecule has 0 N–H and O–H groups in total. The highest BCUT2D eigenvalue weighted by Gasteiger charge is 2.22. The Morgan fingerprint density at radius 3 is 2.62 bits per heavy atom. The van der Waals surface area contributed by atoms with Crippen molar-refractivity contribution in [3.05, 3.63) is 52.8 Å². The molecule has 0 radical (unpaired) electrons. The van der Waals surface area contributed by atoms with E-state index in [1.165, 1.54) is 6.20 Å². The van der Waals surface area contributed by atoms with Gasteiger partial charge in [0, 0.05) is 26.2 Å². The van der Waals surface area contributed by atoms with E-state index in [0.717, 1.165) is 31.5 Å². The van der Waals surface area contributed by atoms with E-state index < -0.39 is 0 Å². The van der Waals surface area contributed by atoms with Crippen LogP contribution < -0.4 is 4.90 Å². The molecule has 1 saturated heterocycles. The van der Waals surface area contributed by atoms with Crippen LogP contribution in [0.5, 0.6) is 0 Å². The lowest BCUT2D eigenvalue weighted by atomic mass is 10.2. The molecule has 3 rings (SSSR count). The fraction of sp³-hybridized carbons (Fsp3) is 0.389. The largest absolute Gasteiger partial charge is 0.341 e. The molecule has 5 nitrogen and oxygen atoms in total. The van der Waals surface area contributed by atoms with Gasteiger partial charge in [0.25, 0.3) is 5.91 Å². The summed E-state index contributed by atoms with van der Waals surface area (Å²) >= 11 is 6.21. The second-order valence-electron chi connectivity index (χ2n) is 5.87. The topological polar surface area (TPSA) is 49.3 Å². The molecule has 1 fully saturated rings. The smallest absolute Gasteiger partial charge is 0.274 e. The van der Waals surface area contributed by atoms with E-state index in [4.69, 9.17) is 11.6 Å². The molecule has 2 heterocycles. The third-order valence-electron chi connectivity index (χ3n) is 4.21. The van der Waals surface area contributed by atoms with Crippen molar-refractivity contribution in [1.82, 2.24) is 14.9 Å². The minimum atomic E-state index is -0.158. The molecule has 1 amide bonds. The molecule has 1 aromatic carbocycles. The molecule has 0 bridgehead atoms. The van der Waals surface area contributed by atoms with E-state index in [-0.39, 0.29) is 11.6 Å². The van der Waals surface area contributed by atoms with Crippen LogP contribution in [-0.4, -0.2) is 40.4 Å². The third-order valence-corrected chi connectivity index (χ3v) is 4.48. The van der Waals surface area contributed by atoms with Gasteiger partial charge in [-0.3, -0.25) is 4.79 Å². The van der Waals surface area contributed by atoms with Gasteiger partial charge in [0.05, 0.1) is 11.2 Å². The summed E-state index contributed by atoms with van der Waals surface area (Å²) in [5.41, 5.74) is 1.36. The fourth-order valence-corrected chi connectivity index (χ4v) is 3.03. The number of aromatic nitrogens is 2. The summed E-state index contributed by atoms with van der Waals surface area (Å²) in [5, 5.41) is 0.300. The van der Waals surface area contributed by atoms with Gasteiger partial charge in [-0.05, 0) is 25.3 Å². The third kappa shape index (κ3) is 3.67. The number of anilines is 1. The number of rotatable bonds is 5. The summed E-state index contributed by atoms with van der Waals surface area (Å²) in [5.74, 6) is 0.435. The normalized spacial score (nSPS) is 14.0. The first-order chi connectivity index (χ1) is 11.7. The van der Waals surface area contributed by atoms with Gasteiger partial charge < -0.3 is 9.80 Å². The minimum absolute atomic E-state index is 0.158. The van der Waals surface area contributed by atoms with Crippen LogP contribution in [0.2, 0.25) is 5.02 Å². The molecule has 6 heteroatoms. The number of carbonyl (C=O) groups excluding carboxylic acids is 1. The Morgan fingerprint density at radius 2 is 1.96 bits per heavy atom. The van der Waals surface area contributed by atoms with E-state index in [1.807, 2.05) is 37.3 Å². The van der Waals surface area contributed by atoms with Gasteiger partial charge in [0.15, 0.2) is 5.69 Å². The Hall–Kier alpha value is -2.14. The monoisotopic (exact) mass is 344 g/mol. The number of carbonyl (C=O) groups is 1. The highest BCUT2D eigenvalue weighted by molar-refractivity contribution is 6.33. The Kier molecular flexibility index (Phi) is 5.30. The van der Waals surface area contributed by atoms with E-state index in [9.17, 15) is 4.79 Å². The minimum Gasteiger partial charge on any atom is -0.341 e. The van der Waals surface area contributed by atoms with Crippen LogP contribution >= 0.6 is 11.6 Å². The van der Waals surface area contributed by atoms with Crippen molar-refractivity contribution in [3.63, 3.8) is 0 Å². The molecule has 2 aromatic rings. The van der Waals surface area contributed by atoms with Crippen LogP contribution in [0.4, 0.5) is 5.95 Å². The predicted octanol–water partition coefficient (Wildman–Crippen LogP) is 3.39. The lowest BCUT2D eigenvalue weighted by Gasteiger charge is -2.22. The highest BCUT2D eigenvalue weighted by atomic mass is 35.5. The summed E-state index contributed by atoms with van der Waals surface area (Å²) < 4.78 is 0. The number of hydrogen-bond acceptors (Lipinski definition) is 4. The fourth-order valence-electron chi connectivity index (χ4n) is 2.86. The van der Waals surface area contributed by atoms with E-state index in [1.54, 1.807) is 4.90 Å². The first-order valence-corrected chi connectivity index (χ1v) is 8.67. The van der Waals surface area contributed by atoms with Gasteiger partial charge in [-0.25, -0.2) is 9.97 Å². The lowest BCUT2D eigenvalue weighted by molar-refractivity contribution is 0.0746. The Morgan fingerprint density at radius 1 is 1.25 bits per heavy atom. The zero-order valence-electron chi connectivity index (χ0n) is 13.8. The van der Waals surface area contributed by atoms with E-state index in [0.29, 0.717) is 24.1 Å². The Bertz CT molecular complexity index is 701. The molecular formula is C18H21ClN4O. The number of amides is 1. The molecule has 1 aliphatic rings. The Labute approximate surface area is 147 Å². The maximum atomic E-state index is 12.9.